The molecular formula is C21H18N2O3S. The predicted octanol–water partition coefficient (Wildman–Crippen LogP) is 4.14. The first-order valence-corrected chi connectivity index (χ1v) is 9.81. The van der Waals surface area contributed by atoms with Crippen LogP contribution in [0.15, 0.2) is 83.9 Å². The Balaban J connectivity index is 1.97. The number of nitrogens with zero attached hydrogens (tertiary/aromatic N) is 1. The number of rotatable bonds is 4. The van der Waals surface area contributed by atoms with Crippen LogP contribution in [0.3, 0.4) is 0 Å². The molecule has 0 radical (unpaired) electrons. The van der Waals surface area contributed by atoms with Gasteiger partial charge in [-0.1, -0.05) is 42.5 Å². The summed E-state index contributed by atoms with van der Waals surface area (Å²) in [5, 5.41) is 0.835. The lowest BCUT2D eigenvalue weighted by Gasteiger charge is -2.07. The lowest BCUT2D eigenvalue weighted by molar-refractivity contribution is 0.417. The van der Waals surface area contributed by atoms with E-state index in [1.807, 2.05) is 24.3 Å². The molecule has 0 saturated carbocycles. The molecule has 2 N–H and O–H groups in total. The highest BCUT2D eigenvalue weighted by atomic mass is 32.2. The Morgan fingerprint density at radius 2 is 1.63 bits per heavy atom. The summed E-state index contributed by atoms with van der Waals surface area (Å²) >= 11 is 0. The molecular weight excluding hydrogens is 360 g/mol. The third kappa shape index (κ3) is 2.84. The smallest absolute Gasteiger partial charge is 0.268 e. The molecule has 0 aliphatic rings. The maximum Gasteiger partial charge on any atom is 0.268 e. The van der Waals surface area contributed by atoms with Gasteiger partial charge in [0, 0.05) is 17.1 Å². The van der Waals surface area contributed by atoms with Crippen molar-refractivity contribution >= 4 is 26.6 Å². The minimum atomic E-state index is -3.71. The van der Waals surface area contributed by atoms with E-state index in [1.165, 1.54) is 3.97 Å². The molecule has 0 aliphatic heterocycles. The molecule has 27 heavy (non-hydrogen) atoms. The van der Waals surface area contributed by atoms with Crippen molar-refractivity contribution in [2.24, 2.45) is 0 Å². The zero-order valence-corrected chi connectivity index (χ0v) is 15.5. The number of methoxy groups -OCH3 is 1. The van der Waals surface area contributed by atoms with Gasteiger partial charge in [-0.3, -0.25) is 0 Å². The average molecular weight is 378 g/mol. The van der Waals surface area contributed by atoms with Crippen molar-refractivity contribution in [3.8, 4) is 16.9 Å². The summed E-state index contributed by atoms with van der Waals surface area (Å²) in [6.45, 7) is 0. The van der Waals surface area contributed by atoms with E-state index in [2.05, 4.69) is 0 Å². The molecule has 5 nitrogen and oxygen atoms in total. The molecule has 0 amide bonds. The molecule has 0 unspecified atom stereocenters. The van der Waals surface area contributed by atoms with Crippen LogP contribution in [-0.4, -0.2) is 19.5 Å². The molecule has 0 atom stereocenters. The van der Waals surface area contributed by atoms with E-state index in [1.54, 1.807) is 61.8 Å². The number of aromatic nitrogens is 1. The topological polar surface area (TPSA) is 74.3 Å². The van der Waals surface area contributed by atoms with E-state index in [-0.39, 0.29) is 4.90 Å². The summed E-state index contributed by atoms with van der Waals surface area (Å²) in [5.41, 5.74) is 8.78. The van der Waals surface area contributed by atoms with Crippen LogP contribution in [0, 0.1) is 0 Å². The van der Waals surface area contributed by atoms with Gasteiger partial charge < -0.3 is 10.5 Å². The summed E-state index contributed by atoms with van der Waals surface area (Å²) in [7, 11) is -2.16. The van der Waals surface area contributed by atoms with E-state index in [0.29, 0.717) is 17.0 Å². The summed E-state index contributed by atoms with van der Waals surface area (Å²) in [4.78, 5) is 0.242. The summed E-state index contributed by atoms with van der Waals surface area (Å²) in [6, 6.07) is 21.3. The molecule has 0 aliphatic carbocycles. The van der Waals surface area contributed by atoms with Gasteiger partial charge >= 0.3 is 0 Å². The van der Waals surface area contributed by atoms with E-state index in [9.17, 15) is 8.42 Å². The average Bonchev–Trinajstić information content (AvgIpc) is 3.09. The Kier molecular flexibility index (Phi) is 4.12. The minimum absolute atomic E-state index is 0.242. The van der Waals surface area contributed by atoms with Gasteiger partial charge in [-0.2, -0.15) is 0 Å². The first-order valence-electron chi connectivity index (χ1n) is 8.37. The highest BCUT2D eigenvalue weighted by molar-refractivity contribution is 7.90. The van der Waals surface area contributed by atoms with Crippen LogP contribution < -0.4 is 10.5 Å². The van der Waals surface area contributed by atoms with Crippen molar-refractivity contribution in [3.05, 3.63) is 79.0 Å². The van der Waals surface area contributed by atoms with Gasteiger partial charge in [0.1, 0.15) is 5.75 Å². The number of hydrogen-bond donors (Lipinski definition) is 1. The molecule has 6 heteroatoms. The largest absolute Gasteiger partial charge is 0.495 e. The van der Waals surface area contributed by atoms with Crippen LogP contribution in [-0.2, 0) is 10.0 Å². The zero-order valence-electron chi connectivity index (χ0n) is 14.7. The van der Waals surface area contributed by atoms with Crippen molar-refractivity contribution in [1.29, 1.82) is 0 Å². The molecule has 3 aromatic carbocycles. The van der Waals surface area contributed by atoms with Gasteiger partial charge in [0.25, 0.3) is 10.0 Å². The molecule has 1 heterocycles. The van der Waals surface area contributed by atoms with Crippen LogP contribution in [0.25, 0.3) is 22.0 Å². The quantitative estimate of drug-likeness (QED) is 0.542. The van der Waals surface area contributed by atoms with Crippen molar-refractivity contribution in [2.45, 2.75) is 4.90 Å². The standard InChI is InChI=1S/C21H18N2O3S/c1-26-21-12-11-15(13-19(21)22)18-14-23(20-10-6-5-9-17(18)20)27(24,25)16-7-3-2-4-8-16/h2-14H,22H2,1H3. The van der Waals surface area contributed by atoms with Crippen molar-refractivity contribution < 1.29 is 13.2 Å². The van der Waals surface area contributed by atoms with Crippen LogP contribution in [0.4, 0.5) is 5.69 Å². The Morgan fingerprint density at radius 1 is 0.926 bits per heavy atom. The van der Waals surface area contributed by atoms with Crippen LogP contribution >= 0.6 is 0 Å². The Morgan fingerprint density at radius 3 is 2.33 bits per heavy atom. The Bertz CT molecular complexity index is 1230. The second kappa shape index (κ2) is 6.48. The van der Waals surface area contributed by atoms with Crippen LogP contribution in [0.5, 0.6) is 5.75 Å². The normalized spacial score (nSPS) is 11.6. The van der Waals surface area contributed by atoms with Gasteiger partial charge in [0.2, 0.25) is 0 Å². The van der Waals surface area contributed by atoms with Gasteiger partial charge in [-0.25, -0.2) is 12.4 Å². The SMILES string of the molecule is COc1ccc(-c2cn(S(=O)(=O)c3ccccc3)c3ccccc23)cc1N. The lowest BCUT2D eigenvalue weighted by Crippen LogP contribution is -2.11. The monoisotopic (exact) mass is 378 g/mol. The van der Waals surface area contributed by atoms with Gasteiger partial charge in [0.05, 0.1) is 23.2 Å². The predicted molar refractivity (Wildman–Crippen MR) is 107 cm³/mol. The summed E-state index contributed by atoms with van der Waals surface area (Å²) in [5.74, 6) is 0.583. The van der Waals surface area contributed by atoms with Crippen molar-refractivity contribution in [3.63, 3.8) is 0 Å². The molecule has 4 aromatic rings. The third-order valence-corrected chi connectivity index (χ3v) is 6.21. The fraction of sp³-hybridized carbons (Fsp3) is 0.0476. The Hall–Kier alpha value is -3.25. The van der Waals surface area contributed by atoms with E-state index >= 15 is 0 Å². The third-order valence-electron chi connectivity index (χ3n) is 4.52. The summed E-state index contributed by atoms with van der Waals surface area (Å²) < 4.78 is 32.9. The van der Waals surface area contributed by atoms with Gasteiger partial charge in [0.15, 0.2) is 0 Å². The maximum atomic E-state index is 13.2. The number of anilines is 1. The van der Waals surface area contributed by atoms with E-state index < -0.39 is 10.0 Å². The second-order valence-corrected chi connectivity index (χ2v) is 7.95. The van der Waals surface area contributed by atoms with Crippen molar-refractivity contribution in [2.75, 3.05) is 12.8 Å². The number of fused-ring (bicyclic) bond motifs is 1. The molecule has 0 spiro atoms. The number of ether oxygens (including phenoxy) is 1. The summed E-state index contributed by atoms with van der Waals surface area (Å²) in [6.07, 6.45) is 1.65. The minimum Gasteiger partial charge on any atom is -0.495 e. The fourth-order valence-electron chi connectivity index (χ4n) is 3.19. The molecule has 0 fully saturated rings. The van der Waals surface area contributed by atoms with Crippen molar-refractivity contribution in [1.82, 2.24) is 3.97 Å². The molecule has 136 valence electrons. The highest BCUT2D eigenvalue weighted by Gasteiger charge is 2.21. The lowest BCUT2D eigenvalue weighted by atomic mass is 10.0. The fourth-order valence-corrected chi connectivity index (χ4v) is 4.58. The number of benzene rings is 3. The number of nitrogens with two attached hydrogens (primary N) is 1. The zero-order chi connectivity index (χ0) is 19.0. The highest BCUT2D eigenvalue weighted by Crippen LogP contribution is 2.35. The van der Waals surface area contributed by atoms with E-state index in [4.69, 9.17) is 10.5 Å². The second-order valence-electron chi connectivity index (χ2n) is 6.13. The maximum absolute atomic E-state index is 13.2. The molecule has 1 aromatic heterocycles. The van der Waals surface area contributed by atoms with Crippen LogP contribution in [0.1, 0.15) is 0 Å². The number of hydrogen-bond acceptors (Lipinski definition) is 4. The molecule has 0 saturated heterocycles. The Labute approximate surface area is 157 Å². The van der Waals surface area contributed by atoms with Gasteiger partial charge in [-0.15, -0.1) is 0 Å². The number of nitrogen functional groups attached to an aromatic ring is 1. The first-order chi connectivity index (χ1) is 13.0. The van der Waals surface area contributed by atoms with Crippen LogP contribution in [0.2, 0.25) is 0 Å². The first kappa shape index (κ1) is 17.2. The molecule has 4 rings (SSSR count). The van der Waals surface area contributed by atoms with E-state index in [0.717, 1.165) is 16.5 Å². The number of para-hydroxylation sites is 1. The molecule has 0 bridgehead atoms. The van der Waals surface area contributed by atoms with Gasteiger partial charge in [-0.05, 0) is 35.9 Å².